The second kappa shape index (κ2) is 9.78. The molecular formula is C23H28N4O5. The molecule has 0 bridgehead atoms. The summed E-state index contributed by atoms with van der Waals surface area (Å²) in [6.45, 7) is 4.05. The number of anilines is 1. The van der Waals surface area contributed by atoms with Gasteiger partial charge in [-0.1, -0.05) is 11.2 Å². The molecule has 1 fully saturated rings. The van der Waals surface area contributed by atoms with Crippen molar-refractivity contribution in [2.75, 3.05) is 59.5 Å². The summed E-state index contributed by atoms with van der Waals surface area (Å²) in [7, 11) is 6.53. The molecule has 4 rings (SSSR count). The van der Waals surface area contributed by atoms with Gasteiger partial charge in [-0.25, -0.2) is 0 Å². The molecule has 0 amide bonds. The molecule has 0 saturated carbocycles. The normalized spacial score (nSPS) is 14.3. The Bertz CT molecular complexity index is 1030. The number of methoxy groups -OCH3 is 4. The summed E-state index contributed by atoms with van der Waals surface area (Å²) in [5.74, 6) is 3.33. The summed E-state index contributed by atoms with van der Waals surface area (Å²) < 4.78 is 27.2. The summed E-state index contributed by atoms with van der Waals surface area (Å²) in [6, 6.07) is 12.1. The van der Waals surface area contributed by atoms with Crippen LogP contribution in [0.15, 0.2) is 40.9 Å². The topological polar surface area (TPSA) is 82.3 Å². The standard InChI is InChI=1S/C23H28N4O5/c1-28-18-8-5-16(6-9-18)22-24-23(32-25-22)27-13-11-26(12-14-27)15-17-7-10-19(29-2)21(31-4)20(17)30-3/h5-10H,11-15H2,1-4H3. The van der Waals surface area contributed by atoms with E-state index >= 15 is 0 Å². The predicted molar refractivity (Wildman–Crippen MR) is 120 cm³/mol. The van der Waals surface area contributed by atoms with Gasteiger partial charge < -0.3 is 28.4 Å². The van der Waals surface area contributed by atoms with Gasteiger partial charge in [0.2, 0.25) is 11.6 Å². The molecule has 0 N–H and O–H groups in total. The van der Waals surface area contributed by atoms with Gasteiger partial charge in [0.1, 0.15) is 5.75 Å². The number of aromatic nitrogens is 2. The molecule has 2 heterocycles. The molecule has 1 aromatic heterocycles. The Morgan fingerprint density at radius 3 is 2.16 bits per heavy atom. The third-order valence-corrected chi connectivity index (χ3v) is 5.59. The molecule has 0 atom stereocenters. The fraction of sp³-hybridized carbons (Fsp3) is 0.391. The zero-order valence-corrected chi connectivity index (χ0v) is 18.8. The van der Waals surface area contributed by atoms with Crippen molar-refractivity contribution in [3.05, 3.63) is 42.0 Å². The predicted octanol–water partition coefficient (Wildman–Crippen LogP) is 3.09. The van der Waals surface area contributed by atoms with Gasteiger partial charge in [0, 0.05) is 43.9 Å². The van der Waals surface area contributed by atoms with E-state index in [0.29, 0.717) is 29.1 Å². The Labute approximate surface area is 187 Å². The van der Waals surface area contributed by atoms with E-state index in [1.807, 2.05) is 36.4 Å². The van der Waals surface area contributed by atoms with Crippen LogP contribution in [0.2, 0.25) is 0 Å². The van der Waals surface area contributed by atoms with Gasteiger partial charge in [0.15, 0.2) is 11.5 Å². The lowest BCUT2D eigenvalue weighted by atomic mass is 10.1. The van der Waals surface area contributed by atoms with Gasteiger partial charge in [-0.05, 0) is 30.3 Å². The minimum absolute atomic E-state index is 0.541. The molecule has 0 spiro atoms. The van der Waals surface area contributed by atoms with Crippen molar-refractivity contribution in [1.82, 2.24) is 15.0 Å². The van der Waals surface area contributed by atoms with Crippen LogP contribution in [0.1, 0.15) is 5.56 Å². The first-order valence-corrected chi connectivity index (χ1v) is 10.4. The highest BCUT2D eigenvalue weighted by molar-refractivity contribution is 5.57. The largest absolute Gasteiger partial charge is 0.497 e. The minimum Gasteiger partial charge on any atom is -0.497 e. The quantitative estimate of drug-likeness (QED) is 0.525. The number of ether oxygens (including phenoxy) is 4. The van der Waals surface area contributed by atoms with E-state index in [1.54, 1.807) is 28.4 Å². The van der Waals surface area contributed by atoms with E-state index in [0.717, 1.165) is 49.6 Å². The van der Waals surface area contributed by atoms with Crippen LogP contribution >= 0.6 is 0 Å². The van der Waals surface area contributed by atoms with Crippen molar-refractivity contribution < 1.29 is 23.5 Å². The average molecular weight is 441 g/mol. The van der Waals surface area contributed by atoms with Crippen LogP contribution in [-0.2, 0) is 6.54 Å². The lowest BCUT2D eigenvalue weighted by Gasteiger charge is -2.33. The summed E-state index contributed by atoms with van der Waals surface area (Å²) >= 11 is 0. The van der Waals surface area contributed by atoms with Crippen LogP contribution < -0.4 is 23.8 Å². The molecule has 3 aromatic rings. The van der Waals surface area contributed by atoms with E-state index in [-0.39, 0.29) is 0 Å². The Morgan fingerprint density at radius 2 is 1.53 bits per heavy atom. The highest BCUT2D eigenvalue weighted by Crippen LogP contribution is 2.40. The molecule has 1 saturated heterocycles. The number of nitrogens with zero attached hydrogens (tertiary/aromatic N) is 4. The first-order chi connectivity index (χ1) is 15.7. The van der Waals surface area contributed by atoms with Gasteiger partial charge in [-0.15, -0.1) is 0 Å². The van der Waals surface area contributed by atoms with Crippen molar-refractivity contribution in [2.24, 2.45) is 0 Å². The Hall–Kier alpha value is -3.46. The Morgan fingerprint density at radius 1 is 0.812 bits per heavy atom. The molecule has 9 heteroatoms. The zero-order valence-electron chi connectivity index (χ0n) is 18.8. The second-order valence-electron chi connectivity index (χ2n) is 7.39. The highest BCUT2D eigenvalue weighted by atomic mass is 16.5. The molecule has 9 nitrogen and oxygen atoms in total. The maximum Gasteiger partial charge on any atom is 0.324 e. The fourth-order valence-corrected chi connectivity index (χ4v) is 3.83. The second-order valence-corrected chi connectivity index (χ2v) is 7.39. The van der Waals surface area contributed by atoms with Crippen molar-refractivity contribution in [3.63, 3.8) is 0 Å². The molecule has 0 unspecified atom stereocenters. The maximum atomic E-state index is 5.62. The summed E-state index contributed by atoms with van der Waals surface area (Å²) in [4.78, 5) is 9.05. The molecule has 0 radical (unpaired) electrons. The first-order valence-electron chi connectivity index (χ1n) is 10.4. The van der Waals surface area contributed by atoms with Gasteiger partial charge in [-0.3, -0.25) is 4.90 Å². The maximum absolute atomic E-state index is 5.62. The van der Waals surface area contributed by atoms with Crippen LogP contribution in [0.3, 0.4) is 0 Å². The van der Waals surface area contributed by atoms with E-state index < -0.39 is 0 Å². The van der Waals surface area contributed by atoms with Crippen molar-refractivity contribution in [3.8, 4) is 34.4 Å². The van der Waals surface area contributed by atoms with E-state index in [2.05, 4.69) is 19.9 Å². The zero-order chi connectivity index (χ0) is 22.5. The van der Waals surface area contributed by atoms with E-state index in [4.69, 9.17) is 23.5 Å². The lowest BCUT2D eigenvalue weighted by molar-refractivity contribution is 0.237. The molecule has 1 aliphatic heterocycles. The monoisotopic (exact) mass is 440 g/mol. The number of piperazine rings is 1. The first kappa shape index (κ1) is 21.8. The van der Waals surface area contributed by atoms with Crippen molar-refractivity contribution >= 4 is 6.01 Å². The van der Waals surface area contributed by atoms with Crippen LogP contribution in [0.5, 0.6) is 23.0 Å². The molecule has 170 valence electrons. The summed E-state index contributed by atoms with van der Waals surface area (Å²) in [5, 5.41) is 4.14. The summed E-state index contributed by atoms with van der Waals surface area (Å²) in [5.41, 5.74) is 1.94. The molecule has 32 heavy (non-hydrogen) atoms. The van der Waals surface area contributed by atoms with Crippen molar-refractivity contribution in [1.29, 1.82) is 0 Å². The van der Waals surface area contributed by atoms with Gasteiger partial charge in [0.25, 0.3) is 0 Å². The van der Waals surface area contributed by atoms with Crippen LogP contribution in [0.25, 0.3) is 11.4 Å². The Kier molecular flexibility index (Phi) is 6.65. The molecule has 2 aromatic carbocycles. The average Bonchev–Trinajstić information content (AvgIpc) is 3.34. The number of rotatable bonds is 8. The minimum atomic E-state index is 0.541. The van der Waals surface area contributed by atoms with Crippen LogP contribution in [-0.4, -0.2) is 69.7 Å². The molecular weight excluding hydrogens is 412 g/mol. The van der Waals surface area contributed by atoms with E-state index in [1.165, 1.54) is 0 Å². The molecule has 1 aliphatic rings. The third-order valence-electron chi connectivity index (χ3n) is 5.59. The lowest BCUT2D eigenvalue weighted by Crippen LogP contribution is -2.46. The van der Waals surface area contributed by atoms with Crippen LogP contribution in [0.4, 0.5) is 6.01 Å². The van der Waals surface area contributed by atoms with Gasteiger partial charge >= 0.3 is 6.01 Å². The number of hydrogen-bond acceptors (Lipinski definition) is 9. The van der Waals surface area contributed by atoms with E-state index in [9.17, 15) is 0 Å². The SMILES string of the molecule is COc1ccc(-c2noc(N3CCN(Cc4ccc(OC)c(OC)c4OC)CC3)n2)cc1. The third kappa shape index (κ3) is 4.43. The number of hydrogen-bond donors (Lipinski definition) is 0. The molecule has 0 aliphatic carbocycles. The summed E-state index contributed by atoms with van der Waals surface area (Å²) in [6.07, 6.45) is 0. The Balaban J connectivity index is 1.39. The fourth-order valence-electron chi connectivity index (χ4n) is 3.83. The number of benzene rings is 2. The van der Waals surface area contributed by atoms with Crippen LogP contribution in [0, 0.1) is 0 Å². The van der Waals surface area contributed by atoms with Gasteiger partial charge in [0.05, 0.1) is 28.4 Å². The van der Waals surface area contributed by atoms with Crippen molar-refractivity contribution in [2.45, 2.75) is 6.54 Å². The highest BCUT2D eigenvalue weighted by Gasteiger charge is 2.24. The smallest absolute Gasteiger partial charge is 0.324 e. The van der Waals surface area contributed by atoms with Gasteiger partial charge in [-0.2, -0.15) is 4.98 Å².